The minimum Gasteiger partial charge on any atom is -0.497 e. The van der Waals surface area contributed by atoms with Gasteiger partial charge in [-0.1, -0.05) is 6.07 Å². The lowest BCUT2D eigenvalue weighted by Crippen LogP contribution is -2.30. The van der Waals surface area contributed by atoms with E-state index in [0.717, 1.165) is 16.9 Å². The van der Waals surface area contributed by atoms with Gasteiger partial charge in [-0.15, -0.1) is 0 Å². The maximum atomic E-state index is 6.06. The van der Waals surface area contributed by atoms with E-state index in [0.29, 0.717) is 0 Å². The molecule has 0 amide bonds. The zero-order valence-corrected chi connectivity index (χ0v) is 10.2. The van der Waals surface area contributed by atoms with Crippen LogP contribution in [0.5, 0.6) is 5.75 Å². The summed E-state index contributed by atoms with van der Waals surface area (Å²) >= 11 is 0. The van der Waals surface area contributed by atoms with E-state index in [9.17, 15) is 0 Å². The highest BCUT2D eigenvalue weighted by Crippen LogP contribution is 2.24. The minimum absolute atomic E-state index is 0.305. The Bertz CT molecular complexity index is 337. The van der Waals surface area contributed by atoms with Crippen molar-refractivity contribution in [1.82, 2.24) is 0 Å². The lowest BCUT2D eigenvalue weighted by Gasteiger charge is -2.22. The highest BCUT2D eigenvalue weighted by atomic mass is 16.7. The predicted molar refractivity (Wildman–Crippen MR) is 62.5 cm³/mol. The molecular formula is C12H19NO3. The molecule has 0 saturated heterocycles. The molecule has 0 saturated carbocycles. The Labute approximate surface area is 96.3 Å². The van der Waals surface area contributed by atoms with Gasteiger partial charge in [-0.05, 0) is 30.2 Å². The Morgan fingerprint density at radius 1 is 1.12 bits per heavy atom. The smallest absolute Gasteiger partial charge is 0.176 e. The number of methoxy groups -OCH3 is 3. The second-order valence-electron chi connectivity index (χ2n) is 3.59. The third-order valence-electron chi connectivity index (χ3n) is 2.59. The third kappa shape index (κ3) is 2.72. The van der Waals surface area contributed by atoms with Crippen molar-refractivity contribution in [2.24, 2.45) is 5.73 Å². The normalized spacial score (nSPS) is 12.9. The van der Waals surface area contributed by atoms with Gasteiger partial charge in [0.25, 0.3) is 0 Å². The minimum atomic E-state index is -0.438. The van der Waals surface area contributed by atoms with Crippen LogP contribution in [0.2, 0.25) is 0 Å². The first kappa shape index (κ1) is 13.0. The van der Waals surface area contributed by atoms with Crippen molar-refractivity contribution in [2.45, 2.75) is 19.3 Å². The standard InChI is InChI=1S/C12H19NO3/c1-8-7-9(14-2)5-6-10(8)11(13)12(15-3)16-4/h5-7,11-12H,13H2,1-4H3. The molecule has 16 heavy (non-hydrogen) atoms. The number of ether oxygens (including phenoxy) is 3. The Balaban J connectivity index is 2.95. The summed E-state index contributed by atoms with van der Waals surface area (Å²) in [5, 5.41) is 0. The molecule has 0 radical (unpaired) electrons. The van der Waals surface area contributed by atoms with Crippen LogP contribution in [0.3, 0.4) is 0 Å². The summed E-state index contributed by atoms with van der Waals surface area (Å²) in [5.74, 6) is 0.819. The second-order valence-corrected chi connectivity index (χ2v) is 3.59. The largest absolute Gasteiger partial charge is 0.497 e. The van der Waals surface area contributed by atoms with Gasteiger partial charge in [0.1, 0.15) is 5.75 Å². The van der Waals surface area contributed by atoms with Gasteiger partial charge < -0.3 is 19.9 Å². The van der Waals surface area contributed by atoms with Crippen molar-refractivity contribution in [2.75, 3.05) is 21.3 Å². The molecule has 1 rings (SSSR count). The van der Waals surface area contributed by atoms with Gasteiger partial charge in [-0.3, -0.25) is 0 Å². The first-order valence-corrected chi connectivity index (χ1v) is 5.09. The fourth-order valence-electron chi connectivity index (χ4n) is 1.69. The van der Waals surface area contributed by atoms with E-state index in [4.69, 9.17) is 19.9 Å². The molecule has 0 aliphatic heterocycles. The van der Waals surface area contributed by atoms with Gasteiger partial charge in [0.05, 0.1) is 13.2 Å². The summed E-state index contributed by atoms with van der Waals surface area (Å²) < 4.78 is 15.4. The van der Waals surface area contributed by atoms with Crippen molar-refractivity contribution in [1.29, 1.82) is 0 Å². The number of benzene rings is 1. The number of nitrogens with two attached hydrogens (primary N) is 1. The molecule has 0 heterocycles. The van der Waals surface area contributed by atoms with E-state index in [1.54, 1.807) is 21.3 Å². The number of hydrogen-bond acceptors (Lipinski definition) is 4. The average Bonchev–Trinajstić information content (AvgIpc) is 2.30. The monoisotopic (exact) mass is 225 g/mol. The molecule has 0 spiro atoms. The van der Waals surface area contributed by atoms with Crippen molar-refractivity contribution >= 4 is 0 Å². The Kier molecular flexibility index (Phi) is 4.73. The molecule has 1 unspecified atom stereocenters. The molecule has 0 fully saturated rings. The zero-order chi connectivity index (χ0) is 12.1. The van der Waals surface area contributed by atoms with Crippen molar-refractivity contribution in [3.63, 3.8) is 0 Å². The summed E-state index contributed by atoms with van der Waals surface area (Å²) in [4.78, 5) is 0. The Morgan fingerprint density at radius 3 is 2.19 bits per heavy atom. The molecule has 2 N–H and O–H groups in total. The lowest BCUT2D eigenvalue weighted by molar-refractivity contribution is -0.117. The molecule has 0 bridgehead atoms. The summed E-state index contributed by atoms with van der Waals surface area (Å²) in [5.41, 5.74) is 8.12. The molecule has 0 aromatic heterocycles. The molecule has 1 atom stereocenters. The first-order chi connectivity index (χ1) is 7.63. The number of hydrogen-bond donors (Lipinski definition) is 1. The van der Waals surface area contributed by atoms with Crippen LogP contribution in [0, 0.1) is 6.92 Å². The van der Waals surface area contributed by atoms with Gasteiger partial charge in [0.2, 0.25) is 0 Å². The molecule has 1 aromatic rings. The van der Waals surface area contributed by atoms with Gasteiger partial charge in [-0.25, -0.2) is 0 Å². The third-order valence-corrected chi connectivity index (χ3v) is 2.59. The predicted octanol–water partition coefficient (Wildman–Crippen LogP) is 1.62. The molecule has 1 aromatic carbocycles. The van der Waals surface area contributed by atoms with Gasteiger partial charge in [0, 0.05) is 14.2 Å². The molecular weight excluding hydrogens is 206 g/mol. The quantitative estimate of drug-likeness (QED) is 0.774. The van der Waals surface area contributed by atoms with E-state index in [-0.39, 0.29) is 6.04 Å². The van der Waals surface area contributed by atoms with Gasteiger partial charge in [0.15, 0.2) is 6.29 Å². The van der Waals surface area contributed by atoms with E-state index < -0.39 is 6.29 Å². The van der Waals surface area contributed by atoms with Crippen molar-refractivity contribution in [3.8, 4) is 5.75 Å². The Morgan fingerprint density at radius 2 is 1.75 bits per heavy atom. The number of aryl methyl sites for hydroxylation is 1. The van der Waals surface area contributed by atoms with E-state index in [1.165, 1.54) is 0 Å². The van der Waals surface area contributed by atoms with Crippen LogP contribution in [-0.2, 0) is 9.47 Å². The van der Waals surface area contributed by atoms with Crippen LogP contribution in [0.15, 0.2) is 18.2 Å². The summed E-state index contributed by atoms with van der Waals surface area (Å²) in [6.07, 6.45) is -0.438. The maximum Gasteiger partial charge on any atom is 0.176 e. The topological polar surface area (TPSA) is 53.7 Å². The molecule has 90 valence electrons. The highest BCUT2D eigenvalue weighted by molar-refractivity contribution is 5.36. The SMILES string of the molecule is COc1ccc(C(N)C(OC)OC)c(C)c1. The van der Waals surface area contributed by atoms with Crippen LogP contribution < -0.4 is 10.5 Å². The molecule has 4 nitrogen and oxygen atoms in total. The van der Waals surface area contributed by atoms with E-state index in [1.807, 2.05) is 25.1 Å². The van der Waals surface area contributed by atoms with Crippen LogP contribution in [0.1, 0.15) is 17.2 Å². The number of rotatable bonds is 5. The molecule has 0 aliphatic carbocycles. The Hall–Kier alpha value is -1.10. The molecule has 0 aliphatic rings. The summed E-state index contributed by atoms with van der Waals surface area (Å²) in [7, 11) is 4.79. The van der Waals surface area contributed by atoms with E-state index >= 15 is 0 Å². The first-order valence-electron chi connectivity index (χ1n) is 5.09. The van der Waals surface area contributed by atoms with Crippen LogP contribution in [-0.4, -0.2) is 27.6 Å². The van der Waals surface area contributed by atoms with Crippen molar-refractivity contribution in [3.05, 3.63) is 29.3 Å². The van der Waals surface area contributed by atoms with Crippen molar-refractivity contribution < 1.29 is 14.2 Å². The van der Waals surface area contributed by atoms with Crippen LogP contribution in [0.25, 0.3) is 0 Å². The highest BCUT2D eigenvalue weighted by Gasteiger charge is 2.20. The average molecular weight is 225 g/mol. The maximum absolute atomic E-state index is 6.06. The van der Waals surface area contributed by atoms with E-state index in [2.05, 4.69) is 0 Å². The zero-order valence-electron chi connectivity index (χ0n) is 10.2. The van der Waals surface area contributed by atoms with Gasteiger partial charge in [-0.2, -0.15) is 0 Å². The fraction of sp³-hybridized carbons (Fsp3) is 0.500. The lowest BCUT2D eigenvalue weighted by atomic mass is 10.0. The summed E-state index contributed by atoms with van der Waals surface area (Å²) in [6.45, 7) is 1.99. The van der Waals surface area contributed by atoms with Gasteiger partial charge >= 0.3 is 0 Å². The van der Waals surface area contributed by atoms with Crippen LogP contribution >= 0.6 is 0 Å². The fourth-order valence-corrected chi connectivity index (χ4v) is 1.69. The molecule has 4 heteroatoms. The second kappa shape index (κ2) is 5.84. The summed E-state index contributed by atoms with van der Waals surface area (Å²) in [6, 6.07) is 5.45. The van der Waals surface area contributed by atoms with Crippen LogP contribution in [0.4, 0.5) is 0 Å².